The lowest BCUT2D eigenvalue weighted by Gasteiger charge is -2.30. The van der Waals surface area contributed by atoms with Crippen LogP contribution in [0.3, 0.4) is 0 Å². The minimum atomic E-state index is -4.58. The molecular weight excluding hydrogens is 473 g/mol. The summed E-state index contributed by atoms with van der Waals surface area (Å²) in [5.41, 5.74) is -0.396. The number of carbonyl (C=O) groups excluding carboxylic acids is 1. The van der Waals surface area contributed by atoms with Crippen molar-refractivity contribution < 1.29 is 18.0 Å². The summed E-state index contributed by atoms with van der Waals surface area (Å²) in [6.45, 7) is 3.49. The van der Waals surface area contributed by atoms with Crippen molar-refractivity contribution in [3.8, 4) is 17.1 Å². The molecule has 1 atom stereocenters. The monoisotopic (exact) mass is 494 g/mol. The van der Waals surface area contributed by atoms with E-state index in [0.717, 1.165) is 30.7 Å². The predicted octanol–water partition coefficient (Wildman–Crippen LogP) is 5.96. The van der Waals surface area contributed by atoms with Gasteiger partial charge in [-0.2, -0.15) is 13.2 Å². The second-order valence-electron chi connectivity index (χ2n) is 8.04. The van der Waals surface area contributed by atoms with Crippen molar-refractivity contribution in [1.29, 1.82) is 0 Å². The quantitative estimate of drug-likeness (QED) is 0.411. The highest BCUT2D eigenvalue weighted by Gasteiger charge is 2.35. The minimum Gasteiger partial charge on any atom is -0.342 e. The predicted molar refractivity (Wildman–Crippen MR) is 123 cm³/mol. The number of para-hydroxylation sites is 1. The lowest BCUT2D eigenvalue weighted by molar-refractivity contribution is -0.137. The average Bonchev–Trinajstić information content (AvgIpc) is 3.21. The minimum absolute atomic E-state index is 0.0606. The molecule has 1 saturated heterocycles. The van der Waals surface area contributed by atoms with Gasteiger partial charge >= 0.3 is 6.18 Å². The first-order chi connectivity index (χ1) is 15.7. The second kappa shape index (κ2) is 9.77. The molecule has 1 fully saturated rings. The number of rotatable bonds is 5. The summed E-state index contributed by atoms with van der Waals surface area (Å²) in [7, 11) is 0. The molecule has 1 aliphatic rings. The molecule has 3 aromatic rings. The normalized spacial score (nSPS) is 16.8. The second-order valence-corrected chi connectivity index (χ2v) is 9.42. The Kier molecular flexibility index (Phi) is 6.99. The van der Waals surface area contributed by atoms with E-state index in [4.69, 9.17) is 11.6 Å². The highest BCUT2D eigenvalue weighted by molar-refractivity contribution is 7.99. The summed E-state index contributed by atoms with van der Waals surface area (Å²) in [6.07, 6.45) is -2.54. The number of alkyl halides is 3. The van der Waals surface area contributed by atoms with Gasteiger partial charge in [-0.05, 0) is 43.0 Å². The van der Waals surface area contributed by atoms with Gasteiger partial charge in [-0.25, -0.2) is 0 Å². The molecule has 0 spiro atoms. The summed E-state index contributed by atoms with van der Waals surface area (Å²) in [5, 5.41) is 8.95. The van der Waals surface area contributed by atoms with E-state index in [-0.39, 0.29) is 28.3 Å². The zero-order chi connectivity index (χ0) is 23.6. The van der Waals surface area contributed by atoms with Crippen LogP contribution in [-0.4, -0.2) is 44.4 Å². The lowest BCUT2D eigenvalue weighted by Crippen LogP contribution is -2.40. The van der Waals surface area contributed by atoms with Crippen molar-refractivity contribution in [2.24, 2.45) is 5.92 Å². The third-order valence-corrected chi connectivity index (χ3v) is 6.65. The van der Waals surface area contributed by atoms with E-state index in [1.54, 1.807) is 24.3 Å². The van der Waals surface area contributed by atoms with E-state index < -0.39 is 11.7 Å². The molecular formula is C23H22ClF3N4OS. The zero-order valence-corrected chi connectivity index (χ0v) is 19.4. The standard InChI is InChI=1S/C23H22ClF3N4OS/c1-15-6-5-11-30(13-15)20(32)14-33-22-29-28-21(16-7-4-8-17(24)12-16)31(22)19-10-3-2-9-18(19)23(25,26)27/h2-4,7-10,12,15H,5-6,11,13-14H2,1H3/t15-/m0/s1. The highest BCUT2D eigenvalue weighted by Crippen LogP contribution is 2.37. The van der Waals surface area contributed by atoms with Crippen LogP contribution < -0.4 is 0 Å². The Labute approximate surface area is 198 Å². The van der Waals surface area contributed by atoms with Gasteiger partial charge < -0.3 is 4.90 Å². The Morgan fingerprint density at radius 3 is 2.70 bits per heavy atom. The molecule has 0 aliphatic carbocycles. The van der Waals surface area contributed by atoms with E-state index >= 15 is 0 Å². The molecule has 2 aromatic carbocycles. The van der Waals surface area contributed by atoms with E-state index in [0.29, 0.717) is 29.6 Å². The first-order valence-electron chi connectivity index (χ1n) is 10.5. The lowest BCUT2D eigenvalue weighted by atomic mass is 10.0. The molecule has 0 unspecified atom stereocenters. The molecule has 33 heavy (non-hydrogen) atoms. The molecule has 4 rings (SSSR count). The fourth-order valence-electron chi connectivity index (χ4n) is 3.94. The highest BCUT2D eigenvalue weighted by atomic mass is 35.5. The van der Waals surface area contributed by atoms with Gasteiger partial charge in [0.1, 0.15) is 0 Å². The number of benzene rings is 2. The van der Waals surface area contributed by atoms with Gasteiger partial charge in [-0.3, -0.25) is 9.36 Å². The molecule has 0 N–H and O–H groups in total. The SMILES string of the molecule is C[C@H]1CCCN(C(=O)CSc2nnc(-c3cccc(Cl)c3)n2-c2ccccc2C(F)(F)F)C1. The van der Waals surface area contributed by atoms with Gasteiger partial charge in [0, 0.05) is 23.7 Å². The van der Waals surface area contributed by atoms with Crippen LogP contribution in [0.2, 0.25) is 5.02 Å². The summed E-state index contributed by atoms with van der Waals surface area (Å²) >= 11 is 7.19. The number of piperidine rings is 1. The van der Waals surface area contributed by atoms with Crippen LogP contribution in [0.15, 0.2) is 53.7 Å². The number of aromatic nitrogens is 3. The van der Waals surface area contributed by atoms with Crippen LogP contribution in [-0.2, 0) is 11.0 Å². The molecule has 0 radical (unpaired) electrons. The van der Waals surface area contributed by atoms with Gasteiger partial charge in [0.15, 0.2) is 11.0 Å². The van der Waals surface area contributed by atoms with Gasteiger partial charge in [0.25, 0.3) is 0 Å². The summed E-state index contributed by atoms with van der Waals surface area (Å²) in [5.74, 6) is 0.656. The van der Waals surface area contributed by atoms with Gasteiger partial charge in [0.05, 0.1) is 17.0 Å². The van der Waals surface area contributed by atoms with Crippen LogP contribution in [0.1, 0.15) is 25.3 Å². The number of carbonyl (C=O) groups is 1. The molecule has 10 heteroatoms. The number of hydrogen-bond acceptors (Lipinski definition) is 4. The number of halogens is 4. The van der Waals surface area contributed by atoms with Crippen LogP contribution in [0.5, 0.6) is 0 Å². The number of amides is 1. The fourth-order valence-corrected chi connectivity index (χ4v) is 4.97. The average molecular weight is 495 g/mol. The van der Waals surface area contributed by atoms with Crippen molar-refractivity contribution in [3.05, 3.63) is 59.1 Å². The molecule has 1 aliphatic heterocycles. The Morgan fingerprint density at radius 1 is 1.18 bits per heavy atom. The number of likely N-dealkylation sites (tertiary alicyclic amines) is 1. The molecule has 1 aromatic heterocycles. The first kappa shape index (κ1) is 23.6. The molecule has 2 heterocycles. The topological polar surface area (TPSA) is 51.0 Å². The molecule has 0 bridgehead atoms. The molecule has 174 valence electrons. The largest absolute Gasteiger partial charge is 0.418 e. The van der Waals surface area contributed by atoms with Crippen LogP contribution in [0, 0.1) is 5.92 Å². The van der Waals surface area contributed by atoms with E-state index in [1.807, 2.05) is 4.90 Å². The maximum atomic E-state index is 13.8. The Morgan fingerprint density at radius 2 is 1.97 bits per heavy atom. The molecule has 1 amide bonds. The Hall–Kier alpha value is -2.52. The maximum absolute atomic E-state index is 13.8. The fraction of sp³-hybridized carbons (Fsp3) is 0.348. The van der Waals surface area contributed by atoms with Crippen molar-refractivity contribution in [2.75, 3.05) is 18.8 Å². The molecule has 0 saturated carbocycles. The Balaban J connectivity index is 1.72. The number of nitrogens with zero attached hydrogens (tertiary/aromatic N) is 4. The zero-order valence-electron chi connectivity index (χ0n) is 17.8. The maximum Gasteiger partial charge on any atom is 0.418 e. The third kappa shape index (κ3) is 5.35. The summed E-state index contributed by atoms with van der Waals surface area (Å²) < 4.78 is 42.8. The van der Waals surface area contributed by atoms with Crippen LogP contribution in [0.25, 0.3) is 17.1 Å². The van der Waals surface area contributed by atoms with Crippen molar-refractivity contribution >= 4 is 29.3 Å². The van der Waals surface area contributed by atoms with Gasteiger partial charge in [0.2, 0.25) is 5.91 Å². The van der Waals surface area contributed by atoms with Crippen LogP contribution in [0.4, 0.5) is 13.2 Å². The van der Waals surface area contributed by atoms with Gasteiger partial charge in [-0.15, -0.1) is 10.2 Å². The summed E-state index contributed by atoms with van der Waals surface area (Å²) in [6, 6.07) is 11.9. The first-order valence-corrected chi connectivity index (χ1v) is 11.9. The summed E-state index contributed by atoms with van der Waals surface area (Å²) in [4.78, 5) is 14.6. The van der Waals surface area contributed by atoms with E-state index in [2.05, 4.69) is 17.1 Å². The van der Waals surface area contributed by atoms with Crippen LogP contribution >= 0.6 is 23.4 Å². The van der Waals surface area contributed by atoms with Gasteiger partial charge in [-0.1, -0.05) is 54.6 Å². The van der Waals surface area contributed by atoms with E-state index in [1.165, 1.54) is 22.8 Å². The molecule has 5 nitrogen and oxygen atoms in total. The van der Waals surface area contributed by atoms with Crippen molar-refractivity contribution in [1.82, 2.24) is 19.7 Å². The smallest absolute Gasteiger partial charge is 0.342 e. The number of hydrogen-bond donors (Lipinski definition) is 0. The number of thioether (sulfide) groups is 1. The third-order valence-electron chi connectivity index (χ3n) is 5.50. The van der Waals surface area contributed by atoms with Crippen molar-refractivity contribution in [3.63, 3.8) is 0 Å². The van der Waals surface area contributed by atoms with E-state index in [9.17, 15) is 18.0 Å². The Bertz CT molecular complexity index is 1150. The van der Waals surface area contributed by atoms with Crippen molar-refractivity contribution in [2.45, 2.75) is 31.1 Å².